The average molecular weight is 446 g/mol. The van der Waals surface area contributed by atoms with Crippen molar-refractivity contribution in [3.05, 3.63) is 88.9 Å². The van der Waals surface area contributed by atoms with Gasteiger partial charge in [0.15, 0.2) is 0 Å². The van der Waals surface area contributed by atoms with Gasteiger partial charge >= 0.3 is 0 Å². The van der Waals surface area contributed by atoms with Crippen molar-refractivity contribution in [1.29, 1.82) is 0 Å². The van der Waals surface area contributed by atoms with Crippen molar-refractivity contribution < 1.29 is 4.79 Å². The molecule has 0 spiro atoms. The predicted octanol–water partition coefficient (Wildman–Crippen LogP) is 5.73. The first-order valence-electron chi connectivity index (χ1n) is 10.4. The molecule has 0 saturated heterocycles. The van der Waals surface area contributed by atoms with E-state index in [-0.39, 0.29) is 5.91 Å². The molecule has 0 atom stereocenters. The highest BCUT2D eigenvalue weighted by atomic mass is 32.2. The summed E-state index contributed by atoms with van der Waals surface area (Å²) in [6.45, 7) is 1.81. The molecule has 0 unspecified atom stereocenters. The molecule has 1 aliphatic rings. The number of fused-ring (bicyclic) bond motifs is 2. The van der Waals surface area contributed by atoms with Crippen molar-refractivity contribution in [1.82, 2.24) is 4.98 Å². The molecule has 0 saturated carbocycles. The Labute approximate surface area is 190 Å². The van der Waals surface area contributed by atoms with Crippen LogP contribution in [0.4, 0.5) is 11.4 Å². The fraction of sp³-hybridized carbons (Fsp3) is 0.200. The first-order valence-corrected chi connectivity index (χ1v) is 12.4. The Balaban J connectivity index is 1.19. The van der Waals surface area contributed by atoms with E-state index in [9.17, 15) is 4.79 Å². The van der Waals surface area contributed by atoms with E-state index in [1.165, 1.54) is 16.0 Å². The monoisotopic (exact) mass is 445 g/mol. The van der Waals surface area contributed by atoms with Gasteiger partial charge in [0.05, 0.1) is 16.0 Å². The molecule has 156 valence electrons. The lowest BCUT2D eigenvalue weighted by molar-refractivity contribution is -0.113. The van der Waals surface area contributed by atoms with Crippen molar-refractivity contribution in [2.45, 2.75) is 18.7 Å². The van der Waals surface area contributed by atoms with Gasteiger partial charge in [-0.05, 0) is 41.8 Å². The number of anilines is 2. The van der Waals surface area contributed by atoms with Crippen molar-refractivity contribution in [3.8, 4) is 0 Å². The highest BCUT2D eigenvalue weighted by Crippen LogP contribution is 2.30. The maximum Gasteiger partial charge on any atom is 0.234 e. The summed E-state index contributed by atoms with van der Waals surface area (Å²) in [5.74, 6) is 1.19. The maximum absolute atomic E-state index is 12.6. The average Bonchev–Trinajstić information content (AvgIpc) is 3.39. The standard InChI is InChI=1S/C25H23N3OS2/c29-24(16-30-17-25-27-21-10-4-6-12-23(21)31-25)26-20-9-3-1-8-19(20)15-28-14-13-18-7-2-5-11-22(18)28/h1-12H,13-17H2,(H,26,29). The maximum atomic E-state index is 12.6. The highest BCUT2D eigenvalue weighted by molar-refractivity contribution is 7.99. The highest BCUT2D eigenvalue weighted by Gasteiger charge is 2.19. The number of benzene rings is 3. The third-order valence-electron chi connectivity index (χ3n) is 5.43. The van der Waals surface area contributed by atoms with Gasteiger partial charge in [-0.25, -0.2) is 4.98 Å². The normalized spacial score (nSPS) is 12.8. The van der Waals surface area contributed by atoms with E-state index in [1.54, 1.807) is 23.1 Å². The van der Waals surface area contributed by atoms with Gasteiger partial charge in [-0.2, -0.15) is 0 Å². The van der Waals surface area contributed by atoms with Crippen molar-refractivity contribution in [2.24, 2.45) is 0 Å². The summed E-state index contributed by atoms with van der Waals surface area (Å²) >= 11 is 3.30. The first kappa shape index (κ1) is 20.1. The number of aromatic nitrogens is 1. The molecular formula is C25H23N3OS2. The van der Waals surface area contributed by atoms with Gasteiger partial charge in [0.25, 0.3) is 0 Å². The van der Waals surface area contributed by atoms with Gasteiger partial charge in [0, 0.05) is 30.2 Å². The van der Waals surface area contributed by atoms with E-state index in [1.807, 2.05) is 36.4 Å². The number of carbonyl (C=O) groups excluding carboxylic acids is 1. The van der Waals surface area contributed by atoms with E-state index in [4.69, 9.17) is 0 Å². The Morgan fingerprint density at radius 2 is 1.84 bits per heavy atom. The van der Waals surface area contributed by atoms with E-state index in [0.717, 1.165) is 47.0 Å². The number of rotatable bonds is 7. The smallest absolute Gasteiger partial charge is 0.234 e. The van der Waals surface area contributed by atoms with E-state index >= 15 is 0 Å². The van der Waals surface area contributed by atoms with Crippen LogP contribution in [-0.2, 0) is 23.5 Å². The van der Waals surface area contributed by atoms with Gasteiger partial charge in [-0.1, -0.05) is 48.5 Å². The Kier molecular flexibility index (Phi) is 5.91. The lowest BCUT2D eigenvalue weighted by atomic mass is 10.1. The summed E-state index contributed by atoms with van der Waals surface area (Å²) < 4.78 is 1.19. The zero-order chi connectivity index (χ0) is 21.0. The molecule has 0 bridgehead atoms. The molecule has 6 heteroatoms. The number of thiazole rings is 1. The second-order valence-electron chi connectivity index (χ2n) is 7.57. The second-order valence-corrected chi connectivity index (χ2v) is 9.67. The molecule has 1 N–H and O–H groups in total. The molecule has 5 rings (SSSR count). The van der Waals surface area contributed by atoms with Crippen LogP contribution in [0.15, 0.2) is 72.8 Å². The molecule has 3 aromatic carbocycles. The molecule has 1 amide bonds. The molecular weight excluding hydrogens is 422 g/mol. The number of hydrogen-bond acceptors (Lipinski definition) is 5. The summed E-state index contributed by atoms with van der Waals surface area (Å²) in [5.41, 5.74) is 5.77. The summed E-state index contributed by atoms with van der Waals surface area (Å²) in [6.07, 6.45) is 1.08. The van der Waals surface area contributed by atoms with Crippen LogP contribution in [0.25, 0.3) is 10.2 Å². The number of hydrogen-bond donors (Lipinski definition) is 1. The van der Waals surface area contributed by atoms with E-state index < -0.39 is 0 Å². The Bertz CT molecular complexity index is 1190. The third kappa shape index (κ3) is 4.60. The fourth-order valence-electron chi connectivity index (χ4n) is 3.96. The lowest BCUT2D eigenvalue weighted by Crippen LogP contribution is -2.22. The zero-order valence-electron chi connectivity index (χ0n) is 17.1. The number of thioether (sulfide) groups is 1. The minimum Gasteiger partial charge on any atom is -0.367 e. The lowest BCUT2D eigenvalue weighted by Gasteiger charge is -2.21. The molecule has 0 aliphatic carbocycles. The Morgan fingerprint density at radius 1 is 1.03 bits per heavy atom. The molecule has 1 aliphatic heterocycles. The number of carbonyl (C=O) groups is 1. The Morgan fingerprint density at radius 3 is 2.77 bits per heavy atom. The molecule has 0 fully saturated rings. The van der Waals surface area contributed by atoms with Crippen LogP contribution in [0.2, 0.25) is 0 Å². The first-order chi connectivity index (χ1) is 15.3. The van der Waals surface area contributed by atoms with Gasteiger partial charge in [0.2, 0.25) is 5.91 Å². The van der Waals surface area contributed by atoms with Crippen LogP contribution in [0.3, 0.4) is 0 Å². The molecule has 2 heterocycles. The number of nitrogens with zero attached hydrogens (tertiary/aromatic N) is 2. The van der Waals surface area contributed by atoms with E-state index in [2.05, 4.69) is 51.6 Å². The minimum absolute atomic E-state index is 0.0281. The van der Waals surface area contributed by atoms with Crippen LogP contribution in [0, 0.1) is 0 Å². The van der Waals surface area contributed by atoms with Gasteiger partial charge in [-0.3, -0.25) is 4.79 Å². The summed E-state index contributed by atoms with van der Waals surface area (Å²) in [6, 6.07) is 24.8. The van der Waals surface area contributed by atoms with Gasteiger partial charge in [0.1, 0.15) is 5.01 Å². The Hall–Kier alpha value is -2.83. The number of amides is 1. The third-order valence-corrected chi connectivity index (χ3v) is 7.60. The van der Waals surface area contributed by atoms with Crippen LogP contribution in [0.5, 0.6) is 0 Å². The van der Waals surface area contributed by atoms with Crippen LogP contribution in [-0.4, -0.2) is 23.2 Å². The number of nitrogens with one attached hydrogen (secondary N) is 1. The largest absolute Gasteiger partial charge is 0.367 e. The summed E-state index contributed by atoms with van der Waals surface area (Å²) in [5, 5.41) is 4.18. The van der Waals surface area contributed by atoms with Gasteiger partial charge in [-0.15, -0.1) is 23.1 Å². The van der Waals surface area contributed by atoms with Crippen LogP contribution >= 0.6 is 23.1 Å². The summed E-state index contributed by atoms with van der Waals surface area (Å²) in [4.78, 5) is 19.6. The van der Waals surface area contributed by atoms with Crippen molar-refractivity contribution in [3.63, 3.8) is 0 Å². The molecule has 4 nitrogen and oxygen atoms in total. The molecule has 31 heavy (non-hydrogen) atoms. The fourth-order valence-corrected chi connectivity index (χ4v) is 5.80. The second kappa shape index (κ2) is 9.12. The SMILES string of the molecule is O=C(CSCc1nc2ccccc2s1)Nc1ccccc1CN1CCc2ccccc21. The molecule has 4 aromatic rings. The predicted molar refractivity (Wildman–Crippen MR) is 132 cm³/mol. The van der Waals surface area contributed by atoms with E-state index in [0.29, 0.717) is 5.75 Å². The molecule has 0 radical (unpaired) electrons. The number of para-hydroxylation sites is 3. The zero-order valence-corrected chi connectivity index (χ0v) is 18.7. The van der Waals surface area contributed by atoms with Crippen LogP contribution in [0.1, 0.15) is 16.1 Å². The van der Waals surface area contributed by atoms with Crippen LogP contribution < -0.4 is 10.2 Å². The summed E-state index contributed by atoms with van der Waals surface area (Å²) in [7, 11) is 0. The minimum atomic E-state index is 0.0281. The topological polar surface area (TPSA) is 45.2 Å². The van der Waals surface area contributed by atoms with Gasteiger partial charge < -0.3 is 10.2 Å². The van der Waals surface area contributed by atoms with Crippen molar-refractivity contribution in [2.75, 3.05) is 22.5 Å². The molecule has 1 aromatic heterocycles. The quantitative estimate of drug-likeness (QED) is 0.395. The van der Waals surface area contributed by atoms with Crippen molar-refractivity contribution >= 4 is 50.6 Å².